The Morgan fingerprint density at radius 1 is 1.44 bits per heavy atom. The minimum absolute atomic E-state index is 0.0295. The third-order valence-electron chi connectivity index (χ3n) is 3.67. The molecule has 1 fully saturated rings. The van der Waals surface area contributed by atoms with E-state index in [0.717, 1.165) is 12.8 Å². The summed E-state index contributed by atoms with van der Waals surface area (Å²) in [5.74, 6) is 0.0799. The Labute approximate surface area is 107 Å². The summed E-state index contributed by atoms with van der Waals surface area (Å²) in [4.78, 5) is 0.0295. The molecule has 102 valence electrons. The number of hydrogen-bond donors (Lipinski definition) is 3. The first-order valence-corrected chi connectivity index (χ1v) is 7.70. The highest BCUT2D eigenvalue weighted by atomic mass is 32.2. The lowest BCUT2D eigenvalue weighted by atomic mass is 9.76. The van der Waals surface area contributed by atoms with Crippen LogP contribution in [0.3, 0.4) is 0 Å². The summed E-state index contributed by atoms with van der Waals surface area (Å²) in [5, 5.41) is 6.06. The number of anilines is 1. The van der Waals surface area contributed by atoms with E-state index in [1.54, 1.807) is 0 Å². The molecule has 0 spiro atoms. The van der Waals surface area contributed by atoms with Crippen LogP contribution in [0.1, 0.15) is 39.0 Å². The second kappa shape index (κ2) is 4.89. The fraction of sp³-hybridized carbons (Fsp3) is 0.727. The Morgan fingerprint density at radius 2 is 2.11 bits per heavy atom. The molecule has 6 nitrogen and oxygen atoms in total. The van der Waals surface area contributed by atoms with E-state index in [2.05, 4.69) is 21.8 Å². The molecule has 7 heteroatoms. The molecule has 0 saturated heterocycles. The van der Waals surface area contributed by atoms with Gasteiger partial charge in [-0.15, -0.1) is 0 Å². The fourth-order valence-electron chi connectivity index (χ4n) is 2.43. The van der Waals surface area contributed by atoms with Crippen molar-refractivity contribution in [2.45, 2.75) is 43.9 Å². The number of rotatable bonds is 4. The molecule has 0 atom stereocenters. The van der Waals surface area contributed by atoms with Gasteiger partial charge >= 0.3 is 0 Å². The van der Waals surface area contributed by atoms with E-state index in [-0.39, 0.29) is 16.1 Å². The summed E-state index contributed by atoms with van der Waals surface area (Å²) in [6.45, 7) is 2.59. The van der Waals surface area contributed by atoms with Crippen LogP contribution in [0.5, 0.6) is 0 Å². The molecular formula is C11H20N4O2S. The van der Waals surface area contributed by atoms with Gasteiger partial charge in [0.25, 0.3) is 0 Å². The van der Waals surface area contributed by atoms with Gasteiger partial charge < -0.3 is 5.73 Å². The first kappa shape index (κ1) is 13.4. The summed E-state index contributed by atoms with van der Waals surface area (Å²) in [7, 11) is -3.55. The smallest absolute Gasteiger partial charge is 0.245 e. The highest BCUT2D eigenvalue weighted by Crippen LogP contribution is 2.35. The predicted octanol–water partition coefficient (Wildman–Crippen LogP) is 1.24. The highest BCUT2D eigenvalue weighted by molar-refractivity contribution is 7.89. The average molecular weight is 272 g/mol. The van der Waals surface area contributed by atoms with Crippen LogP contribution in [-0.4, -0.2) is 25.2 Å². The van der Waals surface area contributed by atoms with Gasteiger partial charge in [-0.1, -0.05) is 26.2 Å². The van der Waals surface area contributed by atoms with Gasteiger partial charge in [0.05, 0.1) is 6.20 Å². The zero-order valence-corrected chi connectivity index (χ0v) is 11.4. The molecule has 0 aromatic carbocycles. The molecule has 2 rings (SSSR count). The summed E-state index contributed by atoms with van der Waals surface area (Å²) in [6.07, 6.45) is 6.96. The van der Waals surface area contributed by atoms with Gasteiger partial charge in [0.15, 0.2) is 0 Å². The van der Waals surface area contributed by atoms with E-state index >= 15 is 0 Å². The molecule has 1 aliphatic rings. The maximum absolute atomic E-state index is 12.0. The van der Waals surface area contributed by atoms with Crippen molar-refractivity contribution in [3.8, 4) is 0 Å². The molecule has 1 aromatic heterocycles. The van der Waals surface area contributed by atoms with Crippen LogP contribution in [-0.2, 0) is 10.0 Å². The summed E-state index contributed by atoms with van der Waals surface area (Å²) in [5.41, 5.74) is 5.59. The largest absolute Gasteiger partial charge is 0.383 e. The predicted molar refractivity (Wildman–Crippen MR) is 69.4 cm³/mol. The lowest BCUT2D eigenvalue weighted by Gasteiger charge is -2.33. The zero-order chi connectivity index (χ0) is 13.2. The number of nitrogens with one attached hydrogen (secondary N) is 2. The molecule has 0 radical (unpaired) electrons. The molecule has 1 aliphatic carbocycles. The standard InChI is InChI=1S/C11H20N4O2S/c1-11(5-3-2-4-6-11)8-14-18(16,17)9-7-13-15-10(9)12/h7,14H,2-6,8H2,1H3,(H3,12,13,15). The van der Waals surface area contributed by atoms with E-state index in [9.17, 15) is 8.42 Å². The van der Waals surface area contributed by atoms with Crippen LogP contribution in [0.2, 0.25) is 0 Å². The lowest BCUT2D eigenvalue weighted by molar-refractivity contribution is 0.219. The van der Waals surface area contributed by atoms with Crippen molar-refractivity contribution in [1.29, 1.82) is 0 Å². The Balaban J connectivity index is 2.03. The lowest BCUT2D eigenvalue weighted by Crippen LogP contribution is -2.37. The molecule has 4 N–H and O–H groups in total. The number of sulfonamides is 1. The molecule has 1 saturated carbocycles. The number of nitrogen functional groups attached to an aromatic ring is 1. The Bertz CT molecular complexity index is 503. The van der Waals surface area contributed by atoms with Crippen molar-refractivity contribution in [1.82, 2.24) is 14.9 Å². The number of aromatic amines is 1. The first-order valence-electron chi connectivity index (χ1n) is 6.21. The Kier molecular flexibility index (Phi) is 3.63. The fourth-order valence-corrected chi connectivity index (χ4v) is 3.65. The van der Waals surface area contributed by atoms with E-state index in [1.165, 1.54) is 25.5 Å². The Hall–Kier alpha value is -1.08. The minimum atomic E-state index is -3.55. The number of aromatic nitrogens is 2. The van der Waals surface area contributed by atoms with E-state index < -0.39 is 10.0 Å². The van der Waals surface area contributed by atoms with Gasteiger partial charge in [-0.05, 0) is 18.3 Å². The van der Waals surface area contributed by atoms with Crippen LogP contribution in [0, 0.1) is 5.41 Å². The second-order valence-corrected chi connectivity index (χ2v) is 7.08. The molecule has 0 bridgehead atoms. The SMILES string of the molecule is CC1(CNS(=O)(=O)c2cn[nH]c2N)CCCCC1. The number of nitrogens with two attached hydrogens (primary N) is 1. The molecular weight excluding hydrogens is 252 g/mol. The van der Waals surface area contributed by atoms with Gasteiger partial charge in [0, 0.05) is 6.54 Å². The minimum Gasteiger partial charge on any atom is -0.383 e. The van der Waals surface area contributed by atoms with Gasteiger partial charge in [-0.2, -0.15) is 5.10 Å². The van der Waals surface area contributed by atoms with Crippen molar-refractivity contribution < 1.29 is 8.42 Å². The van der Waals surface area contributed by atoms with Crippen molar-refractivity contribution in [2.75, 3.05) is 12.3 Å². The van der Waals surface area contributed by atoms with Crippen LogP contribution < -0.4 is 10.5 Å². The molecule has 1 heterocycles. The molecule has 0 amide bonds. The topological polar surface area (TPSA) is 101 Å². The molecule has 0 aliphatic heterocycles. The number of nitrogens with zero attached hydrogens (tertiary/aromatic N) is 1. The first-order chi connectivity index (χ1) is 8.43. The van der Waals surface area contributed by atoms with Crippen LogP contribution in [0.25, 0.3) is 0 Å². The third kappa shape index (κ3) is 2.84. The highest BCUT2D eigenvalue weighted by Gasteiger charge is 2.29. The van der Waals surface area contributed by atoms with Gasteiger partial charge in [-0.25, -0.2) is 13.1 Å². The van der Waals surface area contributed by atoms with Crippen molar-refractivity contribution in [3.63, 3.8) is 0 Å². The monoisotopic (exact) mass is 272 g/mol. The van der Waals surface area contributed by atoms with Gasteiger partial charge in [0.1, 0.15) is 10.7 Å². The normalized spacial score (nSPS) is 19.8. The van der Waals surface area contributed by atoms with Crippen molar-refractivity contribution >= 4 is 15.8 Å². The Morgan fingerprint density at radius 3 is 2.67 bits per heavy atom. The molecule has 18 heavy (non-hydrogen) atoms. The maximum atomic E-state index is 12.0. The second-order valence-electron chi connectivity index (χ2n) is 5.34. The zero-order valence-electron chi connectivity index (χ0n) is 10.6. The van der Waals surface area contributed by atoms with Gasteiger partial charge in [0.2, 0.25) is 10.0 Å². The van der Waals surface area contributed by atoms with E-state index in [0.29, 0.717) is 6.54 Å². The van der Waals surface area contributed by atoms with Crippen LogP contribution in [0.15, 0.2) is 11.1 Å². The van der Waals surface area contributed by atoms with Crippen LogP contribution >= 0.6 is 0 Å². The van der Waals surface area contributed by atoms with E-state index in [1.807, 2.05) is 0 Å². The van der Waals surface area contributed by atoms with Crippen molar-refractivity contribution in [3.05, 3.63) is 6.20 Å². The van der Waals surface area contributed by atoms with Crippen molar-refractivity contribution in [2.24, 2.45) is 5.41 Å². The average Bonchev–Trinajstić information content (AvgIpc) is 2.75. The number of H-pyrrole nitrogens is 1. The maximum Gasteiger partial charge on any atom is 0.245 e. The molecule has 0 unspecified atom stereocenters. The third-order valence-corrected chi connectivity index (χ3v) is 5.10. The molecule has 1 aromatic rings. The quantitative estimate of drug-likeness (QED) is 0.767. The summed E-state index contributed by atoms with van der Waals surface area (Å²) < 4.78 is 26.7. The number of hydrogen-bond acceptors (Lipinski definition) is 4. The van der Waals surface area contributed by atoms with Gasteiger partial charge in [-0.3, -0.25) is 5.10 Å². The summed E-state index contributed by atoms with van der Waals surface area (Å²) >= 11 is 0. The van der Waals surface area contributed by atoms with Crippen LogP contribution in [0.4, 0.5) is 5.82 Å². The van der Waals surface area contributed by atoms with E-state index in [4.69, 9.17) is 5.73 Å². The summed E-state index contributed by atoms with van der Waals surface area (Å²) in [6, 6.07) is 0.